The molecule has 3 aromatic rings. The summed E-state index contributed by atoms with van der Waals surface area (Å²) in [7, 11) is 1.44. The average Bonchev–Trinajstić information content (AvgIpc) is 3.40. The maximum absolute atomic E-state index is 13.8. The van der Waals surface area contributed by atoms with Gasteiger partial charge in [-0.2, -0.15) is 5.06 Å². The Balaban J connectivity index is 1.25. The lowest BCUT2D eigenvalue weighted by Crippen LogP contribution is -2.36. The first-order valence-corrected chi connectivity index (χ1v) is 12.7. The van der Waals surface area contributed by atoms with Crippen LogP contribution in [0.4, 0.5) is 20.6 Å². The minimum atomic E-state index is -0.998. The number of para-hydroxylation sites is 1. The number of aromatic carboxylic acids is 1. The Labute approximate surface area is 230 Å². The highest BCUT2D eigenvalue weighted by atomic mass is 19.1. The van der Waals surface area contributed by atoms with Crippen LogP contribution in [0.5, 0.6) is 11.5 Å². The van der Waals surface area contributed by atoms with Gasteiger partial charge in [0.05, 0.1) is 30.1 Å². The molecule has 0 bridgehead atoms. The van der Waals surface area contributed by atoms with Gasteiger partial charge in [-0.05, 0) is 66.9 Å². The van der Waals surface area contributed by atoms with E-state index in [1.165, 1.54) is 37.4 Å². The van der Waals surface area contributed by atoms with Crippen LogP contribution < -0.4 is 20.1 Å². The Hall–Kier alpha value is -4.48. The van der Waals surface area contributed by atoms with Gasteiger partial charge in [-0.15, -0.1) is 0 Å². The van der Waals surface area contributed by atoms with Gasteiger partial charge in [0.2, 0.25) is 0 Å². The number of hydrogen-bond acceptors (Lipinski definition) is 7. The molecule has 4 rings (SSSR count). The predicted octanol–water partition coefficient (Wildman–Crippen LogP) is 4.76. The quantitative estimate of drug-likeness (QED) is 0.294. The maximum Gasteiger partial charge on any atom is 0.335 e. The van der Waals surface area contributed by atoms with Crippen molar-refractivity contribution in [3.05, 3.63) is 83.7 Å². The second-order valence-corrected chi connectivity index (χ2v) is 9.16. The number of ether oxygens (including phenoxy) is 2. The molecule has 1 atom stereocenters. The highest BCUT2D eigenvalue weighted by Gasteiger charge is 2.27. The summed E-state index contributed by atoms with van der Waals surface area (Å²) in [6.45, 7) is 0.899. The molecule has 2 amide bonds. The molecule has 1 aliphatic rings. The van der Waals surface area contributed by atoms with Crippen molar-refractivity contribution in [3.63, 3.8) is 0 Å². The van der Waals surface area contributed by atoms with Crippen molar-refractivity contribution in [2.24, 2.45) is 0 Å². The third-order valence-corrected chi connectivity index (χ3v) is 6.30. The molecular formula is C29H30FN3O7. The number of ketones is 1. The van der Waals surface area contributed by atoms with Crippen molar-refractivity contribution in [1.82, 2.24) is 5.06 Å². The van der Waals surface area contributed by atoms with Gasteiger partial charge in [-0.1, -0.05) is 18.2 Å². The standard InChI is InChI=1S/C29H30FN3O7/c1-38-27-16-19(8-13-26(27)32-29(37)31-25-7-3-2-6-24(25)30)15-22(34)18-40-33-14-4-5-21(33)17-39-23-11-9-20(10-12-23)28(35)36/h2-3,6-13,16,21H,4-5,14-15,17-18H2,1H3,(H,35,36)(H2,31,32,37)/t21-/m0/s1. The van der Waals surface area contributed by atoms with E-state index in [0.29, 0.717) is 35.9 Å². The molecule has 11 heteroatoms. The zero-order valence-electron chi connectivity index (χ0n) is 21.9. The number of Topliss-reactive ketones (excluding diaryl/α,β-unsaturated/α-hetero) is 1. The van der Waals surface area contributed by atoms with Crippen LogP contribution in [0.2, 0.25) is 0 Å². The van der Waals surface area contributed by atoms with Crippen LogP contribution in [-0.4, -0.2) is 60.9 Å². The first-order chi connectivity index (χ1) is 19.3. The molecule has 0 radical (unpaired) electrons. The van der Waals surface area contributed by atoms with E-state index in [2.05, 4.69) is 10.6 Å². The normalized spacial score (nSPS) is 14.9. The van der Waals surface area contributed by atoms with E-state index in [1.54, 1.807) is 41.5 Å². The molecule has 0 aliphatic carbocycles. The number of amides is 2. The van der Waals surface area contributed by atoms with Gasteiger partial charge in [0.15, 0.2) is 5.78 Å². The van der Waals surface area contributed by atoms with Crippen LogP contribution in [0.25, 0.3) is 0 Å². The number of carbonyl (C=O) groups excluding carboxylic acids is 2. The van der Waals surface area contributed by atoms with Crippen molar-refractivity contribution in [2.75, 3.05) is 37.5 Å². The molecule has 40 heavy (non-hydrogen) atoms. The minimum absolute atomic E-state index is 0.0343. The number of anilines is 2. The highest BCUT2D eigenvalue weighted by molar-refractivity contribution is 6.00. The molecule has 0 unspecified atom stereocenters. The number of nitrogens with zero attached hydrogens (tertiary/aromatic N) is 1. The van der Waals surface area contributed by atoms with Gasteiger partial charge in [-0.3, -0.25) is 9.63 Å². The van der Waals surface area contributed by atoms with E-state index in [4.69, 9.17) is 19.4 Å². The first kappa shape index (κ1) is 28.5. The van der Waals surface area contributed by atoms with Gasteiger partial charge in [-0.25, -0.2) is 14.0 Å². The number of halogens is 1. The number of hydroxylamine groups is 2. The molecule has 1 heterocycles. The molecule has 1 saturated heterocycles. The number of carboxylic acid groups (broad SMARTS) is 1. The Morgan fingerprint density at radius 3 is 2.50 bits per heavy atom. The van der Waals surface area contributed by atoms with Gasteiger partial charge >= 0.3 is 12.0 Å². The van der Waals surface area contributed by atoms with Gasteiger partial charge in [0.25, 0.3) is 0 Å². The van der Waals surface area contributed by atoms with Crippen molar-refractivity contribution >= 4 is 29.2 Å². The summed E-state index contributed by atoms with van der Waals surface area (Å²) < 4.78 is 25.0. The smallest absolute Gasteiger partial charge is 0.335 e. The lowest BCUT2D eigenvalue weighted by molar-refractivity contribution is -0.179. The van der Waals surface area contributed by atoms with Crippen molar-refractivity contribution in [1.29, 1.82) is 0 Å². The number of carboxylic acids is 1. The van der Waals surface area contributed by atoms with E-state index >= 15 is 0 Å². The SMILES string of the molecule is COc1cc(CC(=O)CON2CCC[C@H]2COc2ccc(C(=O)O)cc2)ccc1NC(=O)Nc1ccccc1F. The summed E-state index contributed by atoms with van der Waals surface area (Å²) in [4.78, 5) is 41.7. The maximum atomic E-state index is 13.8. The fourth-order valence-electron chi connectivity index (χ4n) is 4.25. The summed E-state index contributed by atoms with van der Waals surface area (Å²) in [5.74, 6) is -0.786. The van der Waals surface area contributed by atoms with Gasteiger partial charge in [0, 0.05) is 13.0 Å². The van der Waals surface area contributed by atoms with Crippen LogP contribution in [0.1, 0.15) is 28.8 Å². The minimum Gasteiger partial charge on any atom is -0.495 e. The van der Waals surface area contributed by atoms with Crippen LogP contribution in [-0.2, 0) is 16.1 Å². The van der Waals surface area contributed by atoms with Gasteiger partial charge in [0.1, 0.15) is 30.5 Å². The molecule has 0 saturated carbocycles. The fraction of sp³-hybridized carbons (Fsp3) is 0.276. The predicted molar refractivity (Wildman–Crippen MR) is 145 cm³/mol. The topological polar surface area (TPSA) is 126 Å². The molecule has 210 valence electrons. The Morgan fingerprint density at radius 1 is 1.02 bits per heavy atom. The van der Waals surface area contributed by atoms with E-state index in [-0.39, 0.29) is 36.1 Å². The molecule has 3 N–H and O–H groups in total. The van der Waals surface area contributed by atoms with Crippen LogP contribution in [0.3, 0.4) is 0 Å². The van der Waals surface area contributed by atoms with E-state index < -0.39 is 17.8 Å². The number of urea groups is 1. The summed E-state index contributed by atoms with van der Waals surface area (Å²) in [5, 5.41) is 15.8. The second-order valence-electron chi connectivity index (χ2n) is 9.16. The van der Waals surface area contributed by atoms with Crippen molar-refractivity contribution < 1.29 is 38.2 Å². The third-order valence-electron chi connectivity index (χ3n) is 6.30. The molecule has 3 aromatic carbocycles. The summed E-state index contributed by atoms with van der Waals surface area (Å²) in [5.41, 5.74) is 1.27. The average molecular weight is 552 g/mol. The zero-order valence-corrected chi connectivity index (χ0v) is 21.9. The molecule has 1 aliphatic heterocycles. The Kier molecular flexibility index (Phi) is 9.66. The fourth-order valence-corrected chi connectivity index (χ4v) is 4.25. The largest absolute Gasteiger partial charge is 0.495 e. The first-order valence-electron chi connectivity index (χ1n) is 12.7. The third kappa shape index (κ3) is 7.78. The van der Waals surface area contributed by atoms with Crippen LogP contribution in [0.15, 0.2) is 66.7 Å². The van der Waals surface area contributed by atoms with Gasteiger partial charge < -0.3 is 25.2 Å². The number of methoxy groups -OCH3 is 1. The highest BCUT2D eigenvalue weighted by Crippen LogP contribution is 2.27. The lowest BCUT2D eigenvalue weighted by atomic mass is 10.1. The van der Waals surface area contributed by atoms with E-state index in [9.17, 15) is 18.8 Å². The molecular weight excluding hydrogens is 521 g/mol. The van der Waals surface area contributed by atoms with E-state index in [1.807, 2.05) is 0 Å². The Bertz CT molecular complexity index is 1350. The summed E-state index contributed by atoms with van der Waals surface area (Å²) in [6, 6.07) is 16.3. The monoisotopic (exact) mass is 551 g/mol. The second kappa shape index (κ2) is 13.5. The zero-order chi connectivity index (χ0) is 28.5. The number of nitrogens with one attached hydrogen (secondary N) is 2. The number of rotatable bonds is 12. The summed E-state index contributed by atoms with van der Waals surface area (Å²) >= 11 is 0. The van der Waals surface area contributed by atoms with E-state index in [0.717, 1.165) is 12.8 Å². The van der Waals surface area contributed by atoms with Crippen LogP contribution in [0, 0.1) is 5.82 Å². The number of hydrogen-bond donors (Lipinski definition) is 3. The lowest BCUT2D eigenvalue weighted by Gasteiger charge is -2.23. The number of benzene rings is 3. The number of carbonyl (C=O) groups is 3. The molecule has 0 aromatic heterocycles. The molecule has 1 fully saturated rings. The Morgan fingerprint density at radius 2 is 1.77 bits per heavy atom. The molecule has 10 nitrogen and oxygen atoms in total. The van der Waals surface area contributed by atoms with Crippen molar-refractivity contribution in [2.45, 2.75) is 25.3 Å². The molecule has 0 spiro atoms. The summed E-state index contributed by atoms with van der Waals surface area (Å²) in [6.07, 6.45) is 1.84. The van der Waals surface area contributed by atoms with Crippen molar-refractivity contribution in [3.8, 4) is 11.5 Å². The van der Waals surface area contributed by atoms with Crippen LogP contribution >= 0.6 is 0 Å².